The molecule has 0 spiro atoms. The number of hydrogen-bond donors (Lipinski definition) is 2. The fraction of sp³-hybridized carbons (Fsp3) is 0.579. The minimum atomic E-state index is -1.05. The van der Waals surface area contributed by atoms with E-state index in [1.54, 1.807) is 0 Å². The molecule has 0 radical (unpaired) electrons. The van der Waals surface area contributed by atoms with Crippen LogP contribution in [0.1, 0.15) is 62.8 Å². The summed E-state index contributed by atoms with van der Waals surface area (Å²) in [5.74, 6) is -0.894. The Morgan fingerprint density at radius 1 is 1.04 bits per heavy atom. The first kappa shape index (κ1) is 16.0. The summed E-state index contributed by atoms with van der Waals surface area (Å²) < 4.78 is 0. The second kappa shape index (κ2) is 6.73. The van der Waals surface area contributed by atoms with Crippen LogP contribution in [0.2, 0.25) is 0 Å². The van der Waals surface area contributed by atoms with Gasteiger partial charge in [0.25, 0.3) is 0 Å². The molecule has 1 aromatic carbocycles. The molecule has 2 fully saturated rings. The van der Waals surface area contributed by atoms with Crippen molar-refractivity contribution >= 4 is 11.9 Å². The molecule has 2 saturated carbocycles. The highest BCUT2D eigenvalue weighted by Gasteiger charge is 2.44. The molecule has 0 aliphatic heterocycles. The molecule has 3 rings (SSSR count). The van der Waals surface area contributed by atoms with E-state index < -0.39 is 11.5 Å². The van der Waals surface area contributed by atoms with Crippen molar-refractivity contribution in [2.24, 2.45) is 5.92 Å². The van der Waals surface area contributed by atoms with Crippen LogP contribution in [0, 0.1) is 5.92 Å². The van der Waals surface area contributed by atoms with Crippen LogP contribution in [-0.4, -0.2) is 22.5 Å². The first-order valence-corrected chi connectivity index (χ1v) is 8.73. The van der Waals surface area contributed by atoms with Gasteiger partial charge in [0.05, 0.1) is 5.92 Å². The van der Waals surface area contributed by atoms with E-state index in [9.17, 15) is 14.7 Å². The van der Waals surface area contributed by atoms with E-state index in [-0.39, 0.29) is 11.8 Å². The first-order valence-electron chi connectivity index (χ1n) is 8.73. The number of aliphatic carboxylic acids is 1. The minimum Gasteiger partial charge on any atom is -0.480 e. The lowest BCUT2D eigenvalue weighted by Crippen LogP contribution is -2.54. The van der Waals surface area contributed by atoms with Crippen LogP contribution in [0.4, 0.5) is 0 Å². The molecule has 0 heterocycles. The number of benzene rings is 1. The van der Waals surface area contributed by atoms with Gasteiger partial charge in [0.2, 0.25) is 5.91 Å². The third-order valence-electron chi connectivity index (χ3n) is 5.54. The number of nitrogens with one attached hydrogen (secondary N) is 1. The normalized spacial score (nSPS) is 21.9. The maximum Gasteiger partial charge on any atom is 0.329 e. The van der Waals surface area contributed by atoms with Crippen molar-refractivity contribution in [2.75, 3.05) is 0 Å². The maximum absolute atomic E-state index is 13.0. The monoisotopic (exact) mass is 315 g/mol. The van der Waals surface area contributed by atoms with Gasteiger partial charge < -0.3 is 10.4 Å². The van der Waals surface area contributed by atoms with E-state index in [4.69, 9.17) is 0 Å². The summed E-state index contributed by atoms with van der Waals surface area (Å²) >= 11 is 0. The molecule has 124 valence electrons. The van der Waals surface area contributed by atoms with Gasteiger partial charge in [0, 0.05) is 0 Å². The molecule has 1 aromatic rings. The Kier molecular flexibility index (Phi) is 4.69. The summed E-state index contributed by atoms with van der Waals surface area (Å²) in [5.41, 5.74) is -0.0432. The number of carboxylic acids is 1. The Balaban J connectivity index is 1.84. The van der Waals surface area contributed by atoms with Crippen LogP contribution in [0.25, 0.3) is 0 Å². The number of amides is 1. The second-order valence-corrected chi connectivity index (χ2v) is 7.02. The van der Waals surface area contributed by atoms with Crippen LogP contribution >= 0.6 is 0 Å². The lowest BCUT2D eigenvalue weighted by molar-refractivity contribution is -0.147. The van der Waals surface area contributed by atoms with Crippen molar-refractivity contribution in [3.63, 3.8) is 0 Å². The van der Waals surface area contributed by atoms with E-state index in [1.807, 2.05) is 30.3 Å². The van der Waals surface area contributed by atoms with Gasteiger partial charge >= 0.3 is 5.97 Å². The van der Waals surface area contributed by atoms with Gasteiger partial charge in [-0.25, -0.2) is 4.79 Å². The zero-order valence-electron chi connectivity index (χ0n) is 13.5. The second-order valence-electron chi connectivity index (χ2n) is 7.02. The highest BCUT2D eigenvalue weighted by atomic mass is 16.4. The Morgan fingerprint density at radius 2 is 1.65 bits per heavy atom. The molecular formula is C19H25NO3. The van der Waals surface area contributed by atoms with Gasteiger partial charge in [-0.2, -0.15) is 0 Å². The van der Waals surface area contributed by atoms with Crippen molar-refractivity contribution in [1.29, 1.82) is 0 Å². The maximum atomic E-state index is 13.0. The average Bonchev–Trinajstić information content (AvgIpc) is 3.21. The van der Waals surface area contributed by atoms with Gasteiger partial charge in [-0.05, 0) is 37.2 Å². The zero-order chi connectivity index (χ0) is 16.3. The third-order valence-corrected chi connectivity index (χ3v) is 5.54. The lowest BCUT2D eigenvalue weighted by atomic mass is 9.83. The number of hydrogen-bond acceptors (Lipinski definition) is 2. The summed E-state index contributed by atoms with van der Waals surface area (Å²) in [4.78, 5) is 24.7. The fourth-order valence-corrected chi connectivity index (χ4v) is 4.27. The molecule has 1 amide bonds. The summed E-state index contributed by atoms with van der Waals surface area (Å²) in [6.07, 6.45) is 7.23. The van der Waals surface area contributed by atoms with E-state index >= 15 is 0 Å². The highest BCUT2D eigenvalue weighted by molar-refractivity contribution is 5.91. The summed E-state index contributed by atoms with van der Waals surface area (Å²) in [6, 6.07) is 9.83. The zero-order valence-corrected chi connectivity index (χ0v) is 13.5. The highest BCUT2D eigenvalue weighted by Crippen LogP contribution is 2.39. The summed E-state index contributed by atoms with van der Waals surface area (Å²) in [7, 11) is 0. The van der Waals surface area contributed by atoms with Crippen molar-refractivity contribution in [3.8, 4) is 0 Å². The number of carbonyl (C=O) groups excluding carboxylic acids is 1. The smallest absolute Gasteiger partial charge is 0.329 e. The predicted octanol–water partition coefficient (Wildman–Crippen LogP) is 3.47. The molecule has 1 atom stereocenters. The van der Waals surface area contributed by atoms with Gasteiger partial charge in [0.15, 0.2) is 0 Å². The number of carboxylic acid groups (broad SMARTS) is 1. The quantitative estimate of drug-likeness (QED) is 0.874. The number of rotatable bonds is 5. The minimum absolute atomic E-state index is 0.104. The van der Waals surface area contributed by atoms with Crippen LogP contribution in [-0.2, 0) is 9.59 Å². The molecule has 2 aliphatic rings. The van der Waals surface area contributed by atoms with Crippen molar-refractivity contribution < 1.29 is 14.7 Å². The molecule has 2 N–H and O–H groups in total. The molecule has 0 aromatic heterocycles. The van der Waals surface area contributed by atoms with Crippen molar-refractivity contribution in [2.45, 2.75) is 62.8 Å². The van der Waals surface area contributed by atoms with Crippen LogP contribution < -0.4 is 5.32 Å². The molecule has 23 heavy (non-hydrogen) atoms. The van der Waals surface area contributed by atoms with E-state index in [1.165, 1.54) is 0 Å². The molecular weight excluding hydrogens is 290 g/mol. The van der Waals surface area contributed by atoms with Crippen LogP contribution in [0.3, 0.4) is 0 Å². The van der Waals surface area contributed by atoms with E-state index in [2.05, 4.69) is 5.32 Å². The van der Waals surface area contributed by atoms with Crippen LogP contribution in [0.5, 0.6) is 0 Å². The molecule has 0 bridgehead atoms. The van der Waals surface area contributed by atoms with Gasteiger partial charge in [0.1, 0.15) is 5.54 Å². The third kappa shape index (κ3) is 3.26. The average molecular weight is 315 g/mol. The standard InChI is InChI=1S/C19H25NO3/c21-17(20-19(18(22)23)12-6-7-13-19)16(15-10-4-5-11-15)14-8-2-1-3-9-14/h1-3,8-9,15-16H,4-7,10-13H2,(H,20,21)(H,22,23). The van der Waals surface area contributed by atoms with Crippen LogP contribution in [0.15, 0.2) is 30.3 Å². The molecule has 4 heteroatoms. The topological polar surface area (TPSA) is 66.4 Å². The van der Waals surface area contributed by atoms with Crippen molar-refractivity contribution in [3.05, 3.63) is 35.9 Å². The van der Waals surface area contributed by atoms with Crippen molar-refractivity contribution in [1.82, 2.24) is 5.32 Å². The Morgan fingerprint density at radius 3 is 2.22 bits per heavy atom. The fourth-order valence-electron chi connectivity index (χ4n) is 4.27. The Bertz CT molecular complexity index is 557. The Hall–Kier alpha value is -1.84. The summed E-state index contributed by atoms with van der Waals surface area (Å²) in [5, 5.41) is 12.5. The van der Waals surface area contributed by atoms with Gasteiger partial charge in [-0.15, -0.1) is 0 Å². The van der Waals surface area contributed by atoms with E-state index in [0.29, 0.717) is 18.8 Å². The SMILES string of the molecule is O=C(NC1(C(=O)O)CCCC1)C(c1ccccc1)C1CCCC1. The lowest BCUT2D eigenvalue weighted by Gasteiger charge is -2.30. The Labute approximate surface area is 137 Å². The first-order chi connectivity index (χ1) is 11.1. The van der Waals surface area contributed by atoms with Gasteiger partial charge in [-0.1, -0.05) is 56.0 Å². The molecule has 2 aliphatic carbocycles. The molecule has 0 saturated heterocycles. The van der Waals surface area contributed by atoms with E-state index in [0.717, 1.165) is 44.1 Å². The molecule has 4 nitrogen and oxygen atoms in total. The largest absolute Gasteiger partial charge is 0.480 e. The molecule has 1 unspecified atom stereocenters. The number of carbonyl (C=O) groups is 2. The summed E-state index contributed by atoms with van der Waals surface area (Å²) in [6.45, 7) is 0. The van der Waals surface area contributed by atoms with Gasteiger partial charge in [-0.3, -0.25) is 4.79 Å². The predicted molar refractivity (Wildman–Crippen MR) is 88.1 cm³/mol.